The second kappa shape index (κ2) is 10.6. The van der Waals surface area contributed by atoms with Gasteiger partial charge in [0, 0.05) is 24.7 Å². The number of nitrogens with zero attached hydrogens (tertiary/aromatic N) is 2. The van der Waals surface area contributed by atoms with Gasteiger partial charge >= 0.3 is 6.03 Å². The van der Waals surface area contributed by atoms with Crippen LogP contribution in [0.1, 0.15) is 37.8 Å². The zero-order valence-electron chi connectivity index (χ0n) is 21.3. The van der Waals surface area contributed by atoms with E-state index in [1.165, 1.54) is 11.8 Å². The van der Waals surface area contributed by atoms with Crippen LogP contribution in [0.4, 0.5) is 10.5 Å². The molecule has 2 aliphatic rings. The fourth-order valence-electron chi connectivity index (χ4n) is 5.21. The Bertz CT molecular complexity index is 1130. The molecule has 0 saturated carbocycles. The molecule has 2 aliphatic heterocycles. The van der Waals surface area contributed by atoms with E-state index in [0.717, 1.165) is 43.7 Å². The van der Waals surface area contributed by atoms with Gasteiger partial charge in [0.25, 0.3) is 5.91 Å². The van der Waals surface area contributed by atoms with Crippen LogP contribution in [0.5, 0.6) is 11.5 Å². The summed E-state index contributed by atoms with van der Waals surface area (Å²) in [4.78, 5) is 41.2. The molecule has 2 aromatic rings. The van der Waals surface area contributed by atoms with Gasteiger partial charge in [0.1, 0.15) is 5.54 Å². The van der Waals surface area contributed by atoms with Gasteiger partial charge in [0.05, 0.1) is 20.8 Å². The number of piperidine rings is 1. The first-order chi connectivity index (χ1) is 17.2. The van der Waals surface area contributed by atoms with E-state index in [2.05, 4.69) is 15.5 Å². The van der Waals surface area contributed by atoms with Gasteiger partial charge in [0.2, 0.25) is 5.91 Å². The summed E-state index contributed by atoms with van der Waals surface area (Å²) in [5.41, 5.74) is 1.72. The highest BCUT2D eigenvalue weighted by Gasteiger charge is 2.52. The fourth-order valence-corrected chi connectivity index (χ4v) is 5.21. The Hall–Kier alpha value is -3.59. The summed E-state index contributed by atoms with van der Waals surface area (Å²) in [6, 6.07) is 12.9. The first kappa shape index (κ1) is 25.5. The van der Waals surface area contributed by atoms with Crippen molar-refractivity contribution in [2.75, 3.05) is 32.6 Å². The first-order valence-corrected chi connectivity index (χ1v) is 12.2. The van der Waals surface area contributed by atoms with Crippen LogP contribution in [0, 0.1) is 5.92 Å². The lowest BCUT2D eigenvalue weighted by molar-refractivity contribution is -0.133. The molecule has 192 valence electrons. The maximum absolute atomic E-state index is 13.5. The number of ether oxygens (including phenoxy) is 2. The lowest BCUT2D eigenvalue weighted by Gasteiger charge is -2.39. The van der Waals surface area contributed by atoms with Crippen molar-refractivity contribution in [3.05, 3.63) is 53.6 Å². The van der Waals surface area contributed by atoms with Crippen molar-refractivity contribution in [3.8, 4) is 11.5 Å². The predicted molar refractivity (Wildman–Crippen MR) is 136 cm³/mol. The van der Waals surface area contributed by atoms with E-state index in [1.807, 2.05) is 43.3 Å². The summed E-state index contributed by atoms with van der Waals surface area (Å²) in [7, 11) is 3.10. The zero-order valence-corrected chi connectivity index (χ0v) is 21.3. The molecule has 4 rings (SSSR count). The Morgan fingerprint density at radius 1 is 1.06 bits per heavy atom. The minimum absolute atomic E-state index is 0.0459. The highest BCUT2D eigenvalue weighted by atomic mass is 16.5. The molecule has 2 fully saturated rings. The molecule has 0 aromatic heterocycles. The number of para-hydroxylation sites is 1. The third-order valence-electron chi connectivity index (χ3n) is 7.20. The van der Waals surface area contributed by atoms with Gasteiger partial charge in [-0.15, -0.1) is 0 Å². The maximum Gasteiger partial charge on any atom is 0.325 e. The molecule has 9 nitrogen and oxygen atoms in total. The van der Waals surface area contributed by atoms with Crippen molar-refractivity contribution >= 4 is 23.5 Å². The monoisotopic (exact) mass is 494 g/mol. The molecule has 2 aromatic carbocycles. The van der Waals surface area contributed by atoms with E-state index in [9.17, 15) is 14.4 Å². The molecular formula is C27H34N4O5. The molecule has 0 unspecified atom stereocenters. The summed E-state index contributed by atoms with van der Waals surface area (Å²) in [6.07, 6.45) is 1.62. The van der Waals surface area contributed by atoms with Crippen molar-refractivity contribution in [2.45, 2.75) is 45.3 Å². The number of amides is 4. The van der Waals surface area contributed by atoms with E-state index in [0.29, 0.717) is 17.1 Å². The summed E-state index contributed by atoms with van der Waals surface area (Å²) in [5, 5.41) is 5.76. The van der Waals surface area contributed by atoms with Crippen LogP contribution in [0.15, 0.2) is 42.5 Å². The van der Waals surface area contributed by atoms with E-state index in [-0.39, 0.29) is 30.3 Å². The topological polar surface area (TPSA) is 100 Å². The number of likely N-dealkylation sites (tertiary alicyclic amines) is 1. The molecular weight excluding hydrogens is 460 g/mol. The molecule has 9 heteroatoms. The van der Waals surface area contributed by atoms with E-state index < -0.39 is 5.54 Å². The van der Waals surface area contributed by atoms with Crippen LogP contribution in [-0.2, 0) is 22.7 Å². The lowest BCUT2D eigenvalue weighted by Crippen LogP contribution is -2.53. The lowest BCUT2D eigenvalue weighted by atomic mass is 9.79. The molecule has 1 atom stereocenters. The number of benzene rings is 2. The number of imide groups is 1. The summed E-state index contributed by atoms with van der Waals surface area (Å²) in [5.74, 6) is 0.830. The van der Waals surface area contributed by atoms with Crippen LogP contribution < -0.4 is 20.1 Å². The second-order valence-corrected chi connectivity index (χ2v) is 9.60. The van der Waals surface area contributed by atoms with Gasteiger partial charge in [0.15, 0.2) is 11.5 Å². The number of hydrogen-bond donors (Lipinski definition) is 2. The van der Waals surface area contributed by atoms with Gasteiger partial charge in [-0.25, -0.2) is 4.79 Å². The SMILES string of the molecule is COc1cccc(CN2C(=O)N[C@@](C)(C3CCN(Cc4ccc(NC(C)=O)cc4)CC3)C2=O)c1OC. The Kier molecular flexibility index (Phi) is 7.49. The highest BCUT2D eigenvalue weighted by molar-refractivity contribution is 6.07. The third kappa shape index (κ3) is 5.16. The average molecular weight is 495 g/mol. The maximum atomic E-state index is 13.5. The molecule has 0 aliphatic carbocycles. The number of nitrogens with one attached hydrogen (secondary N) is 2. The third-order valence-corrected chi connectivity index (χ3v) is 7.20. The Morgan fingerprint density at radius 3 is 2.36 bits per heavy atom. The van der Waals surface area contributed by atoms with Gasteiger partial charge < -0.3 is 20.1 Å². The Labute approximate surface area is 211 Å². The molecule has 2 saturated heterocycles. The van der Waals surface area contributed by atoms with Gasteiger partial charge in [-0.2, -0.15) is 0 Å². The minimum Gasteiger partial charge on any atom is -0.493 e. The number of carbonyl (C=O) groups excluding carboxylic acids is 3. The van der Waals surface area contributed by atoms with Crippen LogP contribution >= 0.6 is 0 Å². The number of methoxy groups -OCH3 is 2. The number of carbonyl (C=O) groups is 3. The van der Waals surface area contributed by atoms with Gasteiger partial charge in [-0.05, 0) is 62.5 Å². The van der Waals surface area contributed by atoms with Crippen molar-refractivity contribution in [3.63, 3.8) is 0 Å². The number of anilines is 1. The van der Waals surface area contributed by atoms with Crippen LogP contribution in [0.3, 0.4) is 0 Å². The number of hydrogen-bond acceptors (Lipinski definition) is 6. The smallest absolute Gasteiger partial charge is 0.325 e. The van der Waals surface area contributed by atoms with Crippen LogP contribution in [0.2, 0.25) is 0 Å². The largest absolute Gasteiger partial charge is 0.493 e. The minimum atomic E-state index is -0.935. The van der Waals surface area contributed by atoms with Crippen molar-refractivity contribution < 1.29 is 23.9 Å². The van der Waals surface area contributed by atoms with Crippen molar-refractivity contribution in [1.82, 2.24) is 15.1 Å². The van der Waals surface area contributed by atoms with Crippen molar-refractivity contribution in [1.29, 1.82) is 0 Å². The zero-order chi connectivity index (χ0) is 25.9. The molecule has 4 amide bonds. The van der Waals surface area contributed by atoms with Gasteiger partial charge in [-0.1, -0.05) is 24.3 Å². The van der Waals surface area contributed by atoms with Crippen molar-refractivity contribution in [2.24, 2.45) is 5.92 Å². The molecule has 2 N–H and O–H groups in total. The summed E-state index contributed by atoms with van der Waals surface area (Å²) >= 11 is 0. The molecule has 2 heterocycles. The number of rotatable bonds is 8. The molecule has 0 radical (unpaired) electrons. The summed E-state index contributed by atoms with van der Waals surface area (Å²) < 4.78 is 10.8. The van der Waals surface area contributed by atoms with Gasteiger partial charge in [-0.3, -0.25) is 19.4 Å². The van der Waals surface area contributed by atoms with E-state index in [1.54, 1.807) is 20.3 Å². The molecule has 0 bridgehead atoms. The Morgan fingerprint density at radius 2 is 1.75 bits per heavy atom. The number of urea groups is 1. The quantitative estimate of drug-likeness (QED) is 0.546. The normalized spacial score (nSPS) is 20.8. The van der Waals surface area contributed by atoms with Crippen LogP contribution in [-0.4, -0.2) is 60.5 Å². The molecule has 0 spiro atoms. The Balaban J connectivity index is 1.38. The van der Waals surface area contributed by atoms with E-state index >= 15 is 0 Å². The van der Waals surface area contributed by atoms with E-state index in [4.69, 9.17) is 9.47 Å². The summed E-state index contributed by atoms with van der Waals surface area (Å²) in [6.45, 7) is 5.92. The van der Waals surface area contributed by atoms with Crippen LogP contribution in [0.25, 0.3) is 0 Å². The second-order valence-electron chi connectivity index (χ2n) is 9.60. The average Bonchev–Trinajstić information content (AvgIpc) is 3.08. The first-order valence-electron chi connectivity index (χ1n) is 12.2. The standard InChI is InChI=1S/C27H34N4O5/c1-18(32)28-22-10-8-19(9-11-22)16-30-14-12-21(13-15-30)27(2)25(33)31(26(34)29-27)17-20-6-5-7-23(35-3)24(20)36-4/h5-11,21H,12-17H2,1-4H3,(H,28,32)(H,29,34)/t27-/m0/s1. The molecule has 36 heavy (non-hydrogen) atoms. The highest BCUT2D eigenvalue weighted by Crippen LogP contribution is 2.36. The predicted octanol–water partition coefficient (Wildman–Crippen LogP) is 3.38. The fraction of sp³-hybridized carbons (Fsp3) is 0.444.